The first-order chi connectivity index (χ1) is 9.85. The summed E-state index contributed by atoms with van der Waals surface area (Å²) in [4.78, 5) is 0. The zero-order valence-electron chi connectivity index (χ0n) is 12.8. The summed E-state index contributed by atoms with van der Waals surface area (Å²) in [5.41, 5.74) is 11.0. The van der Waals surface area contributed by atoms with Gasteiger partial charge in [-0.05, 0) is 57.0 Å². The molecule has 0 fully saturated rings. The van der Waals surface area contributed by atoms with Gasteiger partial charge < -0.3 is 15.8 Å². The number of halogens is 1. The van der Waals surface area contributed by atoms with Gasteiger partial charge in [0.2, 0.25) is 0 Å². The zero-order chi connectivity index (χ0) is 15.6. The highest BCUT2D eigenvalue weighted by molar-refractivity contribution is 9.10. The Morgan fingerprint density at radius 2 is 1.57 bits per heavy atom. The minimum atomic E-state index is 0.122. The SMILES string of the molecule is Cc1cc(Nc2cc(N)cc(OC(C)C)c2)cc(C)c1Br. The van der Waals surface area contributed by atoms with E-state index in [1.807, 2.05) is 32.0 Å². The van der Waals surface area contributed by atoms with Gasteiger partial charge in [-0.2, -0.15) is 0 Å². The minimum absolute atomic E-state index is 0.122. The van der Waals surface area contributed by atoms with Crippen molar-refractivity contribution in [2.75, 3.05) is 11.1 Å². The van der Waals surface area contributed by atoms with Gasteiger partial charge in [0.25, 0.3) is 0 Å². The molecule has 0 saturated carbocycles. The Morgan fingerprint density at radius 3 is 2.14 bits per heavy atom. The van der Waals surface area contributed by atoms with Crippen LogP contribution in [0, 0.1) is 13.8 Å². The number of hydrogen-bond donors (Lipinski definition) is 2. The molecule has 3 N–H and O–H groups in total. The summed E-state index contributed by atoms with van der Waals surface area (Å²) in [5, 5.41) is 3.39. The summed E-state index contributed by atoms with van der Waals surface area (Å²) in [6.45, 7) is 8.15. The largest absolute Gasteiger partial charge is 0.491 e. The van der Waals surface area contributed by atoms with Gasteiger partial charge in [0.1, 0.15) is 5.75 Å². The van der Waals surface area contributed by atoms with Crippen LogP contribution in [-0.2, 0) is 0 Å². The van der Waals surface area contributed by atoms with Crippen molar-refractivity contribution in [3.63, 3.8) is 0 Å². The molecule has 0 atom stereocenters. The van der Waals surface area contributed by atoms with E-state index in [4.69, 9.17) is 10.5 Å². The van der Waals surface area contributed by atoms with Crippen molar-refractivity contribution in [1.82, 2.24) is 0 Å². The molecule has 0 aromatic heterocycles. The van der Waals surface area contributed by atoms with E-state index in [-0.39, 0.29) is 6.10 Å². The van der Waals surface area contributed by atoms with Crippen molar-refractivity contribution in [2.24, 2.45) is 0 Å². The fourth-order valence-corrected chi connectivity index (χ4v) is 2.45. The summed E-state index contributed by atoms with van der Waals surface area (Å²) in [6.07, 6.45) is 0.122. The van der Waals surface area contributed by atoms with Gasteiger partial charge in [0.15, 0.2) is 0 Å². The second-order valence-corrected chi connectivity index (χ2v) is 6.30. The molecule has 3 nitrogen and oxygen atoms in total. The molecule has 0 bridgehead atoms. The standard InChI is InChI=1S/C17H21BrN2O/c1-10(2)21-16-8-13(19)7-15(9-16)20-14-5-11(3)17(18)12(4)6-14/h5-10,20H,19H2,1-4H3. The normalized spacial score (nSPS) is 10.8. The molecule has 0 amide bonds. The van der Waals surface area contributed by atoms with E-state index in [2.05, 4.69) is 47.2 Å². The van der Waals surface area contributed by atoms with Crippen LogP contribution in [0.5, 0.6) is 5.75 Å². The second kappa shape index (κ2) is 6.39. The molecule has 0 aliphatic carbocycles. The Hall–Kier alpha value is -1.68. The summed E-state index contributed by atoms with van der Waals surface area (Å²) in [6, 6.07) is 9.90. The molecule has 112 valence electrons. The van der Waals surface area contributed by atoms with Crippen LogP contribution in [0.1, 0.15) is 25.0 Å². The predicted molar refractivity (Wildman–Crippen MR) is 93.5 cm³/mol. The Balaban J connectivity index is 2.29. The fraction of sp³-hybridized carbons (Fsp3) is 0.294. The first kappa shape index (κ1) is 15.7. The van der Waals surface area contributed by atoms with E-state index in [0.717, 1.165) is 21.6 Å². The lowest BCUT2D eigenvalue weighted by atomic mass is 10.1. The number of benzene rings is 2. The van der Waals surface area contributed by atoms with Gasteiger partial charge >= 0.3 is 0 Å². The van der Waals surface area contributed by atoms with Gasteiger partial charge in [-0.15, -0.1) is 0 Å². The third-order valence-electron chi connectivity index (χ3n) is 3.03. The molecule has 0 aliphatic rings. The number of ether oxygens (including phenoxy) is 1. The Labute approximate surface area is 134 Å². The molecule has 21 heavy (non-hydrogen) atoms. The summed E-state index contributed by atoms with van der Waals surface area (Å²) < 4.78 is 6.86. The van der Waals surface area contributed by atoms with Crippen LogP contribution in [0.25, 0.3) is 0 Å². The summed E-state index contributed by atoms with van der Waals surface area (Å²) >= 11 is 3.58. The molecular formula is C17H21BrN2O. The van der Waals surface area contributed by atoms with Gasteiger partial charge in [-0.1, -0.05) is 15.9 Å². The van der Waals surface area contributed by atoms with Crippen molar-refractivity contribution in [3.05, 3.63) is 45.9 Å². The lowest BCUT2D eigenvalue weighted by Gasteiger charge is -2.14. The highest BCUT2D eigenvalue weighted by atomic mass is 79.9. The van der Waals surface area contributed by atoms with Gasteiger partial charge in [-0.3, -0.25) is 0 Å². The van der Waals surface area contributed by atoms with Gasteiger partial charge in [-0.25, -0.2) is 0 Å². The van der Waals surface area contributed by atoms with Crippen LogP contribution in [0.3, 0.4) is 0 Å². The van der Waals surface area contributed by atoms with Crippen molar-refractivity contribution in [1.29, 1.82) is 0 Å². The lowest BCUT2D eigenvalue weighted by molar-refractivity contribution is 0.242. The topological polar surface area (TPSA) is 47.3 Å². The highest BCUT2D eigenvalue weighted by Crippen LogP contribution is 2.29. The number of nitrogens with two attached hydrogens (primary N) is 1. The van der Waals surface area contributed by atoms with Crippen molar-refractivity contribution in [2.45, 2.75) is 33.8 Å². The molecule has 0 aliphatic heterocycles. The maximum atomic E-state index is 5.95. The molecule has 2 aromatic carbocycles. The number of hydrogen-bond acceptors (Lipinski definition) is 3. The molecule has 4 heteroatoms. The molecule has 0 spiro atoms. The number of nitrogen functional groups attached to an aromatic ring is 1. The van der Waals surface area contributed by atoms with Crippen LogP contribution >= 0.6 is 15.9 Å². The van der Waals surface area contributed by atoms with Crippen LogP contribution in [-0.4, -0.2) is 6.10 Å². The van der Waals surface area contributed by atoms with Crippen LogP contribution in [0.2, 0.25) is 0 Å². The molecule has 0 radical (unpaired) electrons. The van der Waals surface area contributed by atoms with Crippen LogP contribution < -0.4 is 15.8 Å². The second-order valence-electron chi connectivity index (χ2n) is 5.51. The Bertz CT molecular complexity index is 630. The number of rotatable bonds is 4. The quantitative estimate of drug-likeness (QED) is 0.748. The first-order valence-electron chi connectivity index (χ1n) is 6.96. The van der Waals surface area contributed by atoms with E-state index in [1.54, 1.807) is 0 Å². The maximum Gasteiger partial charge on any atom is 0.123 e. The summed E-state index contributed by atoms with van der Waals surface area (Å²) in [7, 11) is 0. The van der Waals surface area contributed by atoms with E-state index >= 15 is 0 Å². The zero-order valence-corrected chi connectivity index (χ0v) is 14.4. The molecule has 2 aromatic rings. The van der Waals surface area contributed by atoms with E-state index in [1.165, 1.54) is 11.1 Å². The van der Waals surface area contributed by atoms with Crippen molar-refractivity contribution in [3.8, 4) is 5.75 Å². The van der Waals surface area contributed by atoms with E-state index in [9.17, 15) is 0 Å². The molecule has 0 heterocycles. The number of anilines is 3. The average molecular weight is 349 g/mol. The highest BCUT2D eigenvalue weighted by Gasteiger charge is 2.05. The van der Waals surface area contributed by atoms with E-state index in [0.29, 0.717) is 5.69 Å². The van der Waals surface area contributed by atoms with Crippen molar-refractivity contribution < 1.29 is 4.74 Å². The third kappa shape index (κ3) is 4.14. The lowest BCUT2D eigenvalue weighted by Crippen LogP contribution is -2.06. The predicted octanol–water partition coefficient (Wildman–Crippen LogP) is 5.18. The fourth-order valence-electron chi connectivity index (χ4n) is 2.22. The smallest absolute Gasteiger partial charge is 0.123 e. The average Bonchev–Trinajstić information content (AvgIpc) is 2.34. The van der Waals surface area contributed by atoms with Gasteiger partial charge in [0.05, 0.1) is 6.10 Å². The van der Waals surface area contributed by atoms with Crippen LogP contribution in [0.4, 0.5) is 17.1 Å². The number of aryl methyl sites for hydroxylation is 2. The Morgan fingerprint density at radius 1 is 1.00 bits per heavy atom. The van der Waals surface area contributed by atoms with E-state index < -0.39 is 0 Å². The molecule has 0 saturated heterocycles. The third-order valence-corrected chi connectivity index (χ3v) is 4.28. The first-order valence-corrected chi connectivity index (χ1v) is 7.75. The minimum Gasteiger partial charge on any atom is -0.491 e. The van der Waals surface area contributed by atoms with Crippen molar-refractivity contribution >= 4 is 33.0 Å². The maximum absolute atomic E-state index is 5.95. The monoisotopic (exact) mass is 348 g/mol. The molecular weight excluding hydrogens is 328 g/mol. The van der Waals surface area contributed by atoms with Gasteiger partial charge in [0, 0.05) is 33.7 Å². The Kier molecular flexibility index (Phi) is 4.78. The molecule has 0 unspecified atom stereocenters. The summed E-state index contributed by atoms with van der Waals surface area (Å²) in [5.74, 6) is 0.776. The molecule has 2 rings (SSSR count). The number of nitrogens with one attached hydrogen (secondary N) is 1. The van der Waals surface area contributed by atoms with Crippen LogP contribution in [0.15, 0.2) is 34.8 Å².